The van der Waals surface area contributed by atoms with E-state index in [0.29, 0.717) is 26.2 Å². The molecule has 130 valence electrons. The van der Waals surface area contributed by atoms with Crippen molar-refractivity contribution in [3.63, 3.8) is 0 Å². The minimum Gasteiger partial charge on any atom is -0.550 e. The first-order valence-electron chi connectivity index (χ1n) is 7.92. The Morgan fingerprint density at radius 3 is 2.17 bits per heavy atom. The standard InChI is InChI=1S/C15H30N2O5.2Na/c1-2-3-4-5-13(12-16)17(8-6-14(18)19)9-11-22-10-7-15(20)21;;/h13H,2-12,16H2,1H3,(H,18,19)(H,20,21);;/q;2*+1/p-2. The Morgan fingerprint density at radius 2 is 1.67 bits per heavy atom. The molecule has 0 fully saturated rings. The second kappa shape index (κ2) is 20.1. The van der Waals surface area contributed by atoms with E-state index in [9.17, 15) is 19.8 Å². The molecule has 0 saturated carbocycles. The summed E-state index contributed by atoms with van der Waals surface area (Å²) in [6.45, 7) is 3.89. The molecule has 0 aromatic heterocycles. The molecule has 0 saturated heterocycles. The molecular weight excluding hydrogens is 334 g/mol. The molecule has 0 aromatic rings. The number of rotatable bonds is 15. The van der Waals surface area contributed by atoms with Gasteiger partial charge >= 0.3 is 59.1 Å². The number of ether oxygens (including phenoxy) is 1. The Balaban J connectivity index is -0.00000220. The molecule has 0 aromatic carbocycles. The average Bonchev–Trinajstić information content (AvgIpc) is 2.46. The van der Waals surface area contributed by atoms with E-state index in [-0.39, 0.29) is 84.6 Å². The minimum atomic E-state index is -1.15. The first kappa shape index (κ1) is 29.6. The van der Waals surface area contributed by atoms with Crippen LogP contribution in [0.2, 0.25) is 0 Å². The molecule has 0 amide bonds. The summed E-state index contributed by atoms with van der Waals surface area (Å²) in [4.78, 5) is 22.9. The Morgan fingerprint density at radius 1 is 1.04 bits per heavy atom. The Hall–Kier alpha value is 0.820. The normalized spacial score (nSPS) is 11.5. The number of carbonyl (C=O) groups is 2. The Labute approximate surface area is 189 Å². The van der Waals surface area contributed by atoms with Crippen LogP contribution in [0.15, 0.2) is 0 Å². The van der Waals surface area contributed by atoms with Gasteiger partial charge < -0.3 is 30.3 Å². The third kappa shape index (κ3) is 17.6. The third-order valence-electron chi connectivity index (χ3n) is 3.51. The Kier molecular flexibility index (Phi) is 24.8. The first-order chi connectivity index (χ1) is 10.5. The van der Waals surface area contributed by atoms with Crippen LogP contribution in [0.25, 0.3) is 0 Å². The van der Waals surface area contributed by atoms with Gasteiger partial charge in [-0.15, -0.1) is 0 Å². The van der Waals surface area contributed by atoms with Crippen LogP contribution in [-0.2, 0) is 14.3 Å². The van der Waals surface area contributed by atoms with Crippen LogP contribution < -0.4 is 75.1 Å². The van der Waals surface area contributed by atoms with Gasteiger partial charge in [0.2, 0.25) is 0 Å². The molecular formula is C15H28N2Na2O5. The zero-order valence-corrected chi connectivity index (χ0v) is 19.4. The zero-order chi connectivity index (χ0) is 16.8. The number of carbonyl (C=O) groups excluding carboxylic acids is 2. The maximum Gasteiger partial charge on any atom is 1.00 e. The maximum atomic E-state index is 10.7. The van der Waals surface area contributed by atoms with Gasteiger partial charge in [-0.25, -0.2) is 0 Å². The fourth-order valence-electron chi connectivity index (χ4n) is 2.23. The first-order valence-corrected chi connectivity index (χ1v) is 7.92. The molecule has 2 N–H and O–H groups in total. The van der Waals surface area contributed by atoms with E-state index in [1.807, 2.05) is 4.90 Å². The summed E-state index contributed by atoms with van der Waals surface area (Å²) in [5, 5.41) is 20.9. The topological polar surface area (TPSA) is 119 Å². The molecule has 0 aliphatic carbocycles. The molecule has 0 aliphatic rings. The van der Waals surface area contributed by atoms with E-state index < -0.39 is 11.9 Å². The number of nitrogens with two attached hydrogens (primary N) is 1. The third-order valence-corrected chi connectivity index (χ3v) is 3.51. The second-order valence-corrected chi connectivity index (χ2v) is 5.28. The van der Waals surface area contributed by atoms with E-state index in [2.05, 4.69) is 6.92 Å². The zero-order valence-electron chi connectivity index (χ0n) is 15.4. The van der Waals surface area contributed by atoms with Crippen molar-refractivity contribution >= 4 is 11.9 Å². The monoisotopic (exact) mass is 362 g/mol. The summed E-state index contributed by atoms with van der Waals surface area (Å²) in [5.41, 5.74) is 5.80. The van der Waals surface area contributed by atoms with E-state index in [0.717, 1.165) is 25.7 Å². The van der Waals surface area contributed by atoms with Crippen molar-refractivity contribution in [2.75, 3.05) is 32.8 Å². The molecule has 7 nitrogen and oxygen atoms in total. The van der Waals surface area contributed by atoms with Gasteiger partial charge in [-0.3, -0.25) is 4.90 Å². The largest absolute Gasteiger partial charge is 1.00 e. The van der Waals surface area contributed by atoms with Crippen molar-refractivity contribution in [2.45, 2.75) is 51.5 Å². The summed E-state index contributed by atoms with van der Waals surface area (Å²) >= 11 is 0. The van der Waals surface area contributed by atoms with Crippen molar-refractivity contribution in [1.29, 1.82) is 0 Å². The van der Waals surface area contributed by atoms with Gasteiger partial charge in [-0.1, -0.05) is 26.2 Å². The van der Waals surface area contributed by atoms with Crippen molar-refractivity contribution in [1.82, 2.24) is 4.90 Å². The second-order valence-electron chi connectivity index (χ2n) is 5.28. The van der Waals surface area contributed by atoms with Crippen molar-refractivity contribution in [3.8, 4) is 0 Å². The molecule has 0 spiro atoms. The van der Waals surface area contributed by atoms with Gasteiger partial charge in [-0.05, 0) is 12.8 Å². The fourth-order valence-corrected chi connectivity index (χ4v) is 2.23. The van der Waals surface area contributed by atoms with Crippen LogP contribution in [0.1, 0.15) is 45.4 Å². The van der Waals surface area contributed by atoms with Crippen LogP contribution in [0.3, 0.4) is 0 Å². The van der Waals surface area contributed by atoms with E-state index in [4.69, 9.17) is 10.5 Å². The summed E-state index contributed by atoms with van der Waals surface area (Å²) in [6.07, 6.45) is 4.00. The number of hydrogen-bond acceptors (Lipinski definition) is 7. The molecule has 0 radical (unpaired) electrons. The number of aliphatic carboxylic acids is 2. The molecule has 0 heterocycles. The van der Waals surface area contributed by atoms with E-state index in [1.165, 1.54) is 0 Å². The summed E-state index contributed by atoms with van der Waals surface area (Å²) in [6, 6.07) is 0.107. The average molecular weight is 362 g/mol. The van der Waals surface area contributed by atoms with Gasteiger partial charge in [-0.2, -0.15) is 0 Å². The van der Waals surface area contributed by atoms with Gasteiger partial charge in [0.05, 0.1) is 13.2 Å². The fraction of sp³-hybridized carbons (Fsp3) is 0.867. The molecule has 0 rings (SSSR count). The molecule has 0 aliphatic heterocycles. The van der Waals surface area contributed by atoms with Gasteiger partial charge in [0, 0.05) is 44.0 Å². The minimum absolute atomic E-state index is 0. The van der Waals surface area contributed by atoms with Gasteiger partial charge in [0.25, 0.3) is 0 Å². The van der Waals surface area contributed by atoms with Gasteiger partial charge in [0.15, 0.2) is 0 Å². The van der Waals surface area contributed by atoms with Crippen molar-refractivity contribution < 1.29 is 83.7 Å². The summed E-state index contributed by atoms with van der Waals surface area (Å²) < 4.78 is 5.24. The number of carboxylic acid groups (broad SMARTS) is 2. The van der Waals surface area contributed by atoms with Crippen LogP contribution >= 0.6 is 0 Å². The van der Waals surface area contributed by atoms with E-state index >= 15 is 0 Å². The van der Waals surface area contributed by atoms with Crippen LogP contribution in [0, 0.1) is 0 Å². The molecule has 9 heteroatoms. The van der Waals surface area contributed by atoms with Crippen molar-refractivity contribution in [2.24, 2.45) is 5.73 Å². The van der Waals surface area contributed by atoms with Gasteiger partial charge in [0.1, 0.15) is 0 Å². The molecule has 24 heavy (non-hydrogen) atoms. The van der Waals surface area contributed by atoms with Crippen LogP contribution in [0.4, 0.5) is 0 Å². The van der Waals surface area contributed by atoms with Crippen LogP contribution in [-0.4, -0.2) is 55.7 Å². The predicted octanol–water partition coefficient (Wildman–Crippen LogP) is -7.50. The smallest absolute Gasteiger partial charge is 0.550 e. The quantitative estimate of drug-likeness (QED) is 0.227. The number of hydrogen-bond donors (Lipinski definition) is 1. The predicted molar refractivity (Wildman–Crippen MR) is 78.6 cm³/mol. The SMILES string of the molecule is CCCCCC(CN)N(CCOCCC(=O)[O-])CCC(=O)[O-].[Na+].[Na+]. The molecule has 0 bridgehead atoms. The number of carboxylic acids is 2. The summed E-state index contributed by atoms with van der Waals surface area (Å²) in [5.74, 6) is -2.24. The number of unbranched alkanes of at least 4 members (excludes halogenated alkanes) is 2. The number of nitrogens with zero attached hydrogens (tertiary/aromatic N) is 1. The molecule has 1 atom stereocenters. The summed E-state index contributed by atoms with van der Waals surface area (Å²) in [7, 11) is 0. The maximum absolute atomic E-state index is 10.7. The van der Waals surface area contributed by atoms with E-state index in [1.54, 1.807) is 0 Å². The Bertz CT molecular complexity index is 322. The molecule has 1 unspecified atom stereocenters. The van der Waals surface area contributed by atoms with Crippen molar-refractivity contribution in [3.05, 3.63) is 0 Å². The van der Waals surface area contributed by atoms with Crippen LogP contribution in [0.5, 0.6) is 0 Å².